The van der Waals surface area contributed by atoms with Crippen LogP contribution in [-0.4, -0.2) is 83.9 Å². The highest BCUT2D eigenvalue weighted by Crippen LogP contribution is 2.20. The standard InChI is InChI=1S/C33H36ClN7O5/c34-23-10-12-24(13-11-23)46-21-31(43)41-17-4-3-14-37-32(44)28(18-22-19-38-26-7-2-1-6-25(22)26)40-33(45)27-8-5-9-29(39-27)35-15-16-36-30(42)20-41/h1-2,5-13,19,28,38H,3-4,14-18,20-21H2,(H,35,39)(H,36,42)(H,37,44)(H,40,45)/t28-/m0/s1. The summed E-state index contributed by atoms with van der Waals surface area (Å²) in [5, 5.41) is 13.2. The molecule has 2 aromatic heterocycles. The van der Waals surface area contributed by atoms with Gasteiger partial charge in [-0.25, -0.2) is 4.98 Å². The van der Waals surface area contributed by atoms with Crippen molar-refractivity contribution in [3.63, 3.8) is 0 Å². The summed E-state index contributed by atoms with van der Waals surface area (Å²) in [6.45, 7) is 0.814. The van der Waals surface area contributed by atoms with E-state index in [2.05, 4.69) is 31.2 Å². The molecule has 0 saturated carbocycles. The monoisotopic (exact) mass is 645 g/mol. The highest BCUT2D eigenvalue weighted by molar-refractivity contribution is 6.30. The molecule has 240 valence electrons. The second-order valence-electron chi connectivity index (χ2n) is 10.8. The Hall–Kier alpha value is -5.10. The van der Waals surface area contributed by atoms with Crippen LogP contribution in [0, 0.1) is 0 Å². The third kappa shape index (κ3) is 8.98. The number of amides is 4. The largest absolute Gasteiger partial charge is 0.484 e. The van der Waals surface area contributed by atoms with Gasteiger partial charge in [-0.3, -0.25) is 19.2 Å². The first-order chi connectivity index (χ1) is 22.4. The van der Waals surface area contributed by atoms with E-state index in [0.29, 0.717) is 42.5 Å². The van der Waals surface area contributed by atoms with Crippen molar-refractivity contribution in [3.05, 3.63) is 89.2 Å². The molecule has 0 fully saturated rings. The first-order valence-corrected chi connectivity index (χ1v) is 15.5. The van der Waals surface area contributed by atoms with Crippen molar-refractivity contribution in [1.29, 1.82) is 0 Å². The fourth-order valence-corrected chi connectivity index (χ4v) is 5.19. The minimum absolute atomic E-state index is 0.145. The Bertz CT molecular complexity index is 1680. The lowest BCUT2D eigenvalue weighted by atomic mass is 10.0. The van der Waals surface area contributed by atoms with Gasteiger partial charge in [-0.15, -0.1) is 0 Å². The third-order valence-electron chi connectivity index (χ3n) is 7.47. The summed E-state index contributed by atoms with van der Waals surface area (Å²) in [5.41, 5.74) is 1.98. The van der Waals surface area contributed by atoms with Crippen LogP contribution in [0.1, 0.15) is 28.9 Å². The van der Waals surface area contributed by atoms with Crippen LogP contribution >= 0.6 is 11.6 Å². The Morgan fingerprint density at radius 1 is 0.913 bits per heavy atom. The summed E-state index contributed by atoms with van der Waals surface area (Å²) in [6, 6.07) is 18.5. The average molecular weight is 646 g/mol. The maximum Gasteiger partial charge on any atom is 0.270 e. The maximum atomic E-state index is 13.4. The van der Waals surface area contributed by atoms with Crippen molar-refractivity contribution in [3.8, 4) is 5.75 Å². The second kappa shape index (κ2) is 15.8. The fraction of sp³-hybridized carbons (Fsp3) is 0.303. The van der Waals surface area contributed by atoms with Crippen LogP contribution in [0.3, 0.4) is 0 Å². The number of para-hydroxylation sites is 1. The van der Waals surface area contributed by atoms with Gasteiger partial charge in [0.05, 0.1) is 6.54 Å². The van der Waals surface area contributed by atoms with E-state index in [1.54, 1.807) is 42.5 Å². The predicted molar refractivity (Wildman–Crippen MR) is 175 cm³/mol. The van der Waals surface area contributed by atoms with E-state index in [9.17, 15) is 19.2 Å². The summed E-state index contributed by atoms with van der Waals surface area (Å²) < 4.78 is 5.62. The summed E-state index contributed by atoms with van der Waals surface area (Å²) in [6.07, 6.45) is 3.18. The maximum absolute atomic E-state index is 13.4. The Morgan fingerprint density at radius 2 is 1.72 bits per heavy atom. The highest BCUT2D eigenvalue weighted by atomic mass is 35.5. The topological polar surface area (TPSA) is 158 Å². The van der Waals surface area contributed by atoms with Gasteiger partial charge in [0.25, 0.3) is 11.8 Å². The SMILES string of the molecule is O=C1CN(C(=O)COc2ccc(Cl)cc2)CCCCNC(=O)[C@H](Cc2c[nH]c3ccccc23)NC(=O)c2cccc(n2)NCCN1. The highest BCUT2D eigenvalue weighted by Gasteiger charge is 2.24. The molecule has 4 aromatic rings. The molecule has 0 spiro atoms. The normalized spacial score (nSPS) is 17.0. The number of benzene rings is 2. The molecule has 0 saturated heterocycles. The smallest absolute Gasteiger partial charge is 0.270 e. The van der Waals surface area contributed by atoms with Crippen LogP contribution in [0.15, 0.2) is 72.9 Å². The molecule has 1 atom stereocenters. The molecule has 3 heterocycles. The molecule has 46 heavy (non-hydrogen) atoms. The molecule has 5 N–H and O–H groups in total. The van der Waals surface area contributed by atoms with Crippen molar-refractivity contribution < 1.29 is 23.9 Å². The number of pyridine rings is 1. The molecular formula is C33H36ClN7O5. The average Bonchev–Trinajstić information content (AvgIpc) is 3.47. The summed E-state index contributed by atoms with van der Waals surface area (Å²) in [5.74, 6) is -0.567. The first-order valence-electron chi connectivity index (χ1n) is 15.1. The van der Waals surface area contributed by atoms with Gasteiger partial charge in [0.1, 0.15) is 23.3 Å². The Labute approximate surface area is 271 Å². The van der Waals surface area contributed by atoms with E-state index in [4.69, 9.17) is 16.3 Å². The number of aromatic nitrogens is 2. The van der Waals surface area contributed by atoms with Crippen LogP contribution in [0.2, 0.25) is 5.02 Å². The van der Waals surface area contributed by atoms with Gasteiger partial charge < -0.3 is 35.9 Å². The number of carbonyl (C=O) groups excluding carboxylic acids is 4. The van der Waals surface area contributed by atoms with E-state index < -0.39 is 11.9 Å². The lowest BCUT2D eigenvalue weighted by Crippen LogP contribution is -2.48. The molecule has 12 nitrogen and oxygen atoms in total. The van der Waals surface area contributed by atoms with E-state index in [1.807, 2.05) is 30.5 Å². The Morgan fingerprint density at radius 3 is 2.57 bits per heavy atom. The number of anilines is 1. The number of carbonyl (C=O) groups is 4. The molecule has 2 bridgehead atoms. The number of hydrogen-bond donors (Lipinski definition) is 5. The van der Waals surface area contributed by atoms with Gasteiger partial charge >= 0.3 is 0 Å². The number of nitrogens with one attached hydrogen (secondary N) is 5. The minimum Gasteiger partial charge on any atom is -0.484 e. The lowest BCUT2D eigenvalue weighted by molar-refractivity contribution is -0.137. The minimum atomic E-state index is -0.864. The van der Waals surface area contributed by atoms with Gasteiger partial charge in [0.2, 0.25) is 11.8 Å². The van der Waals surface area contributed by atoms with Crippen LogP contribution in [0.25, 0.3) is 10.9 Å². The molecule has 0 aliphatic carbocycles. The predicted octanol–water partition coefficient (Wildman–Crippen LogP) is 2.90. The van der Waals surface area contributed by atoms with Crippen LogP contribution in [0.4, 0.5) is 5.82 Å². The number of halogens is 1. The van der Waals surface area contributed by atoms with Gasteiger partial charge in [-0.2, -0.15) is 0 Å². The molecule has 13 heteroatoms. The molecule has 4 amide bonds. The van der Waals surface area contributed by atoms with Gasteiger partial charge in [0, 0.05) is 54.7 Å². The van der Waals surface area contributed by atoms with Gasteiger partial charge in [0.15, 0.2) is 6.61 Å². The number of H-pyrrole nitrogens is 1. The van der Waals surface area contributed by atoms with Crippen molar-refractivity contribution in [1.82, 2.24) is 30.8 Å². The van der Waals surface area contributed by atoms with Crippen molar-refractivity contribution in [2.75, 3.05) is 44.6 Å². The third-order valence-corrected chi connectivity index (χ3v) is 7.72. The zero-order valence-corrected chi connectivity index (χ0v) is 25.9. The Balaban J connectivity index is 1.28. The fourth-order valence-electron chi connectivity index (χ4n) is 5.06. The summed E-state index contributed by atoms with van der Waals surface area (Å²) in [7, 11) is 0. The molecular weight excluding hydrogens is 610 g/mol. The molecule has 0 unspecified atom stereocenters. The number of aromatic amines is 1. The zero-order chi connectivity index (χ0) is 32.3. The molecule has 1 aliphatic rings. The van der Waals surface area contributed by atoms with Gasteiger partial charge in [-0.1, -0.05) is 35.9 Å². The van der Waals surface area contributed by atoms with E-state index in [-0.39, 0.29) is 56.1 Å². The van der Waals surface area contributed by atoms with Crippen LogP contribution < -0.4 is 26.0 Å². The lowest BCUT2D eigenvalue weighted by Gasteiger charge is -2.23. The van der Waals surface area contributed by atoms with Crippen molar-refractivity contribution in [2.24, 2.45) is 0 Å². The summed E-state index contributed by atoms with van der Waals surface area (Å²) >= 11 is 5.93. The number of ether oxygens (including phenoxy) is 1. The summed E-state index contributed by atoms with van der Waals surface area (Å²) in [4.78, 5) is 61.6. The Kier molecular flexibility index (Phi) is 11.1. The van der Waals surface area contributed by atoms with Crippen LogP contribution in [-0.2, 0) is 20.8 Å². The first kappa shape index (κ1) is 32.3. The number of fused-ring (bicyclic) bond motifs is 3. The molecule has 0 radical (unpaired) electrons. The van der Waals surface area contributed by atoms with E-state index in [1.165, 1.54) is 4.90 Å². The van der Waals surface area contributed by atoms with E-state index in [0.717, 1.165) is 16.5 Å². The zero-order valence-electron chi connectivity index (χ0n) is 25.2. The van der Waals surface area contributed by atoms with Crippen molar-refractivity contribution >= 4 is 52.0 Å². The number of nitrogens with zero attached hydrogens (tertiary/aromatic N) is 2. The van der Waals surface area contributed by atoms with Gasteiger partial charge in [-0.05, 0) is 60.9 Å². The number of rotatable bonds is 5. The number of hydrogen-bond acceptors (Lipinski definition) is 7. The van der Waals surface area contributed by atoms with Crippen molar-refractivity contribution in [2.45, 2.75) is 25.3 Å². The molecule has 2 aromatic carbocycles. The molecule has 5 rings (SSSR count). The quantitative estimate of drug-likeness (QED) is 0.223. The molecule has 1 aliphatic heterocycles. The van der Waals surface area contributed by atoms with E-state index >= 15 is 0 Å². The second-order valence-corrected chi connectivity index (χ2v) is 11.3. The van der Waals surface area contributed by atoms with Crippen LogP contribution in [0.5, 0.6) is 5.75 Å².